The number of aromatic nitrogens is 1. The summed E-state index contributed by atoms with van der Waals surface area (Å²) in [7, 11) is 1.62. The van der Waals surface area contributed by atoms with Crippen molar-refractivity contribution in [2.75, 3.05) is 45.3 Å². The number of nitrogens with one attached hydrogen (secondary N) is 1. The van der Waals surface area contributed by atoms with Crippen molar-refractivity contribution in [3.63, 3.8) is 0 Å². The molecule has 0 unspecified atom stereocenters. The first-order chi connectivity index (χ1) is 15.7. The first kappa shape index (κ1) is 20.6. The fourth-order valence-corrected chi connectivity index (χ4v) is 4.25. The molecular weight excluding hydrogens is 406 g/mol. The lowest BCUT2D eigenvalue weighted by Crippen LogP contribution is -2.38. The smallest absolute Gasteiger partial charge is 0.228 e. The van der Waals surface area contributed by atoms with Crippen LogP contribution < -0.4 is 10.1 Å². The zero-order chi connectivity index (χ0) is 21.9. The number of ether oxygens (including phenoxy) is 2. The van der Waals surface area contributed by atoms with Crippen LogP contribution in [0.5, 0.6) is 5.75 Å². The van der Waals surface area contributed by atoms with Gasteiger partial charge in [-0.1, -0.05) is 0 Å². The SMILES string of the molecule is COc1ccc2c(CC(=O)Nc3ccc4c(ccn4CCN4CCOCC4)c3)coc2c1. The van der Waals surface area contributed by atoms with Gasteiger partial charge in [0.15, 0.2) is 0 Å². The van der Waals surface area contributed by atoms with Crippen molar-refractivity contribution in [2.45, 2.75) is 13.0 Å². The third-order valence-electron chi connectivity index (χ3n) is 6.03. The molecule has 1 fully saturated rings. The molecule has 7 nitrogen and oxygen atoms in total. The van der Waals surface area contributed by atoms with Gasteiger partial charge in [0.1, 0.15) is 11.3 Å². The zero-order valence-corrected chi connectivity index (χ0v) is 18.2. The summed E-state index contributed by atoms with van der Waals surface area (Å²) >= 11 is 0. The van der Waals surface area contributed by atoms with Crippen LogP contribution in [0, 0.1) is 0 Å². The molecule has 0 spiro atoms. The van der Waals surface area contributed by atoms with Gasteiger partial charge >= 0.3 is 0 Å². The second-order valence-corrected chi connectivity index (χ2v) is 8.08. The van der Waals surface area contributed by atoms with E-state index in [1.807, 2.05) is 30.3 Å². The number of furan rings is 1. The van der Waals surface area contributed by atoms with Crippen LogP contribution in [0.3, 0.4) is 0 Å². The van der Waals surface area contributed by atoms with E-state index in [0.29, 0.717) is 5.58 Å². The van der Waals surface area contributed by atoms with Gasteiger partial charge in [0, 0.05) is 66.0 Å². The molecule has 0 aliphatic carbocycles. The highest BCUT2D eigenvalue weighted by molar-refractivity contribution is 5.97. The van der Waals surface area contributed by atoms with Crippen molar-refractivity contribution < 1.29 is 18.7 Å². The lowest BCUT2D eigenvalue weighted by molar-refractivity contribution is -0.115. The zero-order valence-electron chi connectivity index (χ0n) is 18.2. The predicted molar refractivity (Wildman–Crippen MR) is 124 cm³/mol. The highest BCUT2D eigenvalue weighted by Crippen LogP contribution is 2.26. The summed E-state index contributed by atoms with van der Waals surface area (Å²) in [6.45, 7) is 5.57. The molecule has 1 aliphatic heterocycles. The van der Waals surface area contributed by atoms with E-state index in [9.17, 15) is 4.79 Å². The number of fused-ring (bicyclic) bond motifs is 2. The first-order valence-electron chi connectivity index (χ1n) is 10.9. The van der Waals surface area contributed by atoms with Crippen LogP contribution in [0.2, 0.25) is 0 Å². The van der Waals surface area contributed by atoms with E-state index in [-0.39, 0.29) is 12.3 Å². The number of nitrogens with zero attached hydrogens (tertiary/aromatic N) is 2. The highest BCUT2D eigenvalue weighted by Gasteiger charge is 2.13. The topological polar surface area (TPSA) is 68.9 Å². The summed E-state index contributed by atoms with van der Waals surface area (Å²) < 4.78 is 18.5. The summed E-state index contributed by atoms with van der Waals surface area (Å²) in [4.78, 5) is 15.1. The third-order valence-corrected chi connectivity index (χ3v) is 6.03. The van der Waals surface area contributed by atoms with E-state index >= 15 is 0 Å². The van der Waals surface area contributed by atoms with Crippen LogP contribution in [-0.2, 0) is 22.5 Å². The van der Waals surface area contributed by atoms with Crippen LogP contribution >= 0.6 is 0 Å². The van der Waals surface area contributed by atoms with Gasteiger partial charge in [-0.15, -0.1) is 0 Å². The molecular formula is C25H27N3O4. The second-order valence-electron chi connectivity index (χ2n) is 8.08. The molecule has 5 rings (SSSR count). The third kappa shape index (κ3) is 4.35. The van der Waals surface area contributed by atoms with E-state index < -0.39 is 0 Å². The van der Waals surface area contributed by atoms with Crippen molar-refractivity contribution in [3.8, 4) is 5.75 Å². The summed E-state index contributed by atoms with van der Waals surface area (Å²) in [5.41, 5.74) is 3.54. The molecule has 1 amide bonds. The van der Waals surface area contributed by atoms with Gasteiger partial charge in [0.2, 0.25) is 5.91 Å². The van der Waals surface area contributed by atoms with Crippen LogP contribution in [0.25, 0.3) is 21.9 Å². The van der Waals surface area contributed by atoms with Gasteiger partial charge in [-0.3, -0.25) is 9.69 Å². The Morgan fingerprint density at radius 1 is 1.09 bits per heavy atom. The van der Waals surface area contributed by atoms with Crippen LogP contribution in [0.1, 0.15) is 5.56 Å². The molecule has 32 heavy (non-hydrogen) atoms. The molecule has 4 aromatic rings. The Kier molecular flexibility index (Phi) is 5.83. The monoisotopic (exact) mass is 433 g/mol. The van der Waals surface area contributed by atoms with E-state index in [4.69, 9.17) is 13.9 Å². The van der Waals surface area contributed by atoms with Gasteiger partial charge in [0.25, 0.3) is 0 Å². The Hall–Kier alpha value is -3.29. The number of hydrogen-bond donors (Lipinski definition) is 1. The molecule has 7 heteroatoms. The molecule has 0 atom stereocenters. The molecule has 1 aliphatic rings. The molecule has 1 N–H and O–H groups in total. The Labute approximate surface area is 186 Å². The van der Waals surface area contributed by atoms with Crippen molar-refractivity contribution >= 4 is 33.5 Å². The predicted octanol–water partition coefficient (Wildman–Crippen LogP) is 3.91. The van der Waals surface area contributed by atoms with E-state index in [1.165, 1.54) is 5.52 Å². The number of anilines is 1. The quantitative estimate of drug-likeness (QED) is 0.479. The molecule has 2 aromatic carbocycles. The minimum Gasteiger partial charge on any atom is -0.497 e. The number of methoxy groups -OCH3 is 1. The summed E-state index contributed by atoms with van der Waals surface area (Å²) in [6, 6.07) is 13.8. The van der Waals surface area contributed by atoms with Gasteiger partial charge < -0.3 is 23.8 Å². The maximum atomic E-state index is 12.7. The molecule has 3 heterocycles. The number of rotatable bonds is 7. The molecule has 2 aromatic heterocycles. The largest absolute Gasteiger partial charge is 0.497 e. The van der Waals surface area contributed by atoms with Crippen molar-refractivity contribution in [2.24, 2.45) is 0 Å². The number of carbonyl (C=O) groups excluding carboxylic acids is 1. The summed E-state index contributed by atoms with van der Waals surface area (Å²) in [5, 5.41) is 5.06. The maximum Gasteiger partial charge on any atom is 0.228 e. The molecule has 166 valence electrons. The first-order valence-corrected chi connectivity index (χ1v) is 10.9. The Bertz CT molecular complexity index is 1240. The number of carbonyl (C=O) groups is 1. The van der Waals surface area contributed by atoms with Gasteiger partial charge in [-0.2, -0.15) is 0 Å². The molecule has 0 saturated carbocycles. The number of benzene rings is 2. The van der Waals surface area contributed by atoms with Gasteiger partial charge in [-0.25, -0.2) is 0 Å². The van der Waals surface area contributed by atoms with Crippen molar-refractivity contribution in [3.05, 3.63) is 60.5 Å². The van der Waals surface area contributed by atoms with E-state index in [2.05, 4.69) is 33.1 Å². The summed E-state index contributed by atoms with van der Waals surface area (Å²) in [6.07, 6.45) is 4.00. The Morgan fingerprint density at radius 3 is 2.81 bits per heavy atom. The Balaban J connectivity index is 1.23. The molecule has 0 radical (unpaired) electrons. The van der Waals surface area contributed by atoms with E-state index in [0.717, 1.165) is 67.2 Å². The van der Waals surface area contributed by atoms with Gasteiger partial charge in [-0.05, 0) is 36.4 Å². The number of amides is 1. The standard InChI is InChI=1S/C25H27N3O4/c1-30-21-3-4-22-19(17-32-24(22)16-21)15-25(29)26-20-2-5-23-18(14-20)6-7-28(23)9-8-27-10-12-31-13-11-27/h2-7,14,16-17H,8-13,15H2,1H3,(H,26,29). The van der Waals surface area contributed by atoms with Crippen molar-refractivity contribution in [1.29, 1.82) is 0 Å². The minimum absolute atomic E-state index is 0.0744. The summed E-state index contributed by atoms with van der Waals surface area (Å²) in [5.74, 6) is 0.655. The Morgan fingerprint density at radius 2 is 1.97 bits per heavy atom. The van der Waals surface area contributed by atoms with Crippen LogP contribution in [-0.4, -0.2) is 55.3 Å². The van der Waals surface area contributed by atoms with Crippen LogP contribution in [0.4, 0.5) is 5.69 Å². The normalized spacial score (nSPS) is 14.8. The maximum absolute atomic E-state index is 12.7. The number of morpholine rings is 1. The lowest BCUT2D eigenvalue weighted by Gasteiger charge is -2.26. The highest BCUT2D eigenvalue weighted by atomic mass is 16.5. The van der Waals surface area contributed by atoms with Crippen molar-refractivity contribution in [1.82, 2.24) is 9.47 Å². The average molecular weight is 434 g/mol. The second kappa shape index (κ2) is 9.06. The number of hydrogen-bond acceptors (Lipinski definition) is 5. The van der Waals surface area contributed by atoms with Crippen LogP contribution in [0.15, 0.2) is 59.3 Å². The average Bonchev–Trinajstić information content (AvgIpc) is 3.41. The fourth-order valence-electron chi connectivity index (χ4n) is 4.25. The fraction of sp³-hybridized carbons (Fsp3) is 0.320. The molecule has 0 bridgehead atoms. The minimum atomic E-state index is -0.0744. The molecule has 1 saturated heterocycles. The van der Waals surface area contributed by atoms with Gasteiger partial charge in [0.05, 0.1) is 33.0 Å². The lowest BCUT2D eigenvalue weighted by atomic mass is 10.1. The van der Waals surface area contributed by atoms with E-state index in [1.54, 1.807) is 13.4 Å².